The van der Waals surface area contributed by atoms with Crippen LogP contribution in [0.5, 0.6) is 5.75 Å². The van der Waals surface area contributed by atoms with E-state index in [0.717, 1.165) is 19.3 Å². The van der Waals surface area contributed by atoms with Gasteiger partial charge in [0.15, 0.2) is 0 Å². The van der Waals surface area contributed by atoms with Gasteiger partial charge in [0.2, 0.25) is 0 Å². The minimum absolute atomic E-state index is 0.0332. The molecular formula is C22H33NO5. The summed E-state index contributed by atoms with van der Waals surface area (Å²) in [5, 5.41) is 2.93. The van der Waals surface area contributed by atoms with Gasteiger partial charge in [0.1, 0.15) is 16.9 Å². The Morgan fingerprint density at radius 3 is 2.68 bits per heavy atom. The van der Waals surface area contributed by atoms with Gasteiger partial charge in [0, 0.05) is 12.8 Å². The molecule has 0 aromatic heterocycles. The van der Waals surface area contributed by atoms with Crippen molar-refractivity contribution in [3.05, 3.63) is 23.8 Å². The van der Waals surface area contributed by atoms with E-state index in [-0.39, 0.29) is 18.6 Å². The Hall–Kier alpha value is -2.08. The van der Waals surface area contributed by atoms with Gasteiger partial charge in [0.25, 0.3) is 5.91 Å². The van der Waals surface area contributed by atoms with Gasteiger partial charge >= 0.3 is 5.97 Å². The molecule has 1 aromatic carbocycles. The third-order valence-corrected chi connectivity index (χ3v) is 5.40. The molecule has 0 bridgehead atoms. The normalized spacial score (nSPS) is 23.0. The first-order valence-corrected chi connectivity index (χ1v) is 10.2. The van der Waals surface area contributed by atoms with Crippen LogP contribution < -0.4 is 10.1 Å². The van der Waals surface area contributed by atoms with E-state index < -0.39 is 11.6 Å². The van der Waals surface area contributed by atoms with Crippen molar-refractivity contribution < 1.29 is 23.8 Å². The van der Waals surface area contributed by atoms with E-state index in [0.29, 0.717) is 35.8 Å². The van der Waals surface area contributed by atoms with E-state index in [1.165, 1.54) is 0 Å². The number of hydrogen-bond donors (Lipinski definition) is 1. The molecule has 0 heterocycles. The number of anilines is 1. The Morgan fingerprint density at radius 1 is 1.32 bits per heavy atom. The second kappa shape index (κ2) is 9.92. The molecule has 0 radical (unpaired) electrons. The Balaban J connectivity index is 2.26. The zero-order chi connectivity index (χ0) is 20.7. The highest BCUT2D eigenvalue weighted by atomic mass is 16.5. The molecule has 6 nitrogen and oxygen atoms in total. The second-order valence-electron chi connectivity index (χ2n) is 7.62. The van der Waals surface area contributed by atoms with Crippen LogP contribution in [0.15, 0.2) is 18.2 Å². The van der Waals surface area contributed by atoms with Crippen molar-refractivity contribution in [1.29, 1.82) is 0 Å². The molecule has 1 aliphatic carbocycles. The molecule has 0 saturated heterocycles. The van der Waals surface area contributed by atoms with Crippen LogP contribution in [0.25, 0.3) is 0 Å². The van der Waals surface area contributed by atoms with Crippen LogP contribution in [-0.2, 0) is 14.3 Å². The summed E-state index contributed by atoms with van der Waals surface area (Å²) in [7, 11) is 1.59. The first-order valence-electron chi connectivity index (χ1n) is 10.2. The van der Waals surface area contributed by atoms with E-state index >= 15 is 0 Å². The summed E-state index contributed by atoms with van der Waals surface area (Å²) < 4.78 is 16.7. The van der Waals surface area contributed by atoms with Gasteiger partial charge in [0.05, 0.1) is 12.7 Å². The van der Waals surface area contributed by atoms with Crippen LogP contribution in [0.3, 0.4) is 0 Å². The predicted octanol–water partition coefficient (Wildman–Crippen LogP) is 4.57. The summed E-state index contributed by atoms with van der Waals surface area (Å²) in [6.07, 6.45) is 4.23. The number of nitrogens with one attached hydrogen (secondary N) is 1. The number of carbonyl (C=O) groups excluding carboxylic acids is 2. The maximum absolute atomic E-state index is 13.0. The molecule has 2 rings (SSSR count). The van der Waals surface area contributed by atoms with E-state index in [2.05, 4.69) is 12.2 Å². The molecule has 1 N–H and O–H groups in total. The fourth-order valence-electron chi connectivity index (χ4n) is 3.61. The van der Waals surface area contributed by atoms with Crippen molar-refractivity contribution in [3.8, 4) is 5.75 Å². The van der Waals surface area contributed by atoms with Crippen molar-refractivity contribution in [1.82, 2.24) is 0 Å². The molecular weight excluding hydrogens is 358 g/mol. The number of hydrogen-bond acceptors (Lipinski definition) is 5. The molecule has 0 aliphatic heterocycles. The van der Waals surface area contributed by atoms with Crippen LogP contribution in [0, 0.1) is 5.92 Å². The number of rotatable bonds is 8. The monoisotopic (exact) mass is 391 g/mol. The van der Waals surface area contributed by atoms with Gasteiger partial charge in [-0.2, -0.15) is 0 Å². The van der Waals surface area contributed by atoms with E-state index in [1.807, 2.05) is 13.8 Å². The standard InChI is InChI=1S/C22H33NO5/c1-6-16(4)28-19-11-10-17(13-18(19)20(24)27-7-2)23-21(25)22(26-5)12-8-9-15(3)14-22/h10-11,13,15-16H,6-9,12,14H2,1-5H3,(H,23,25)/t15-,16-,22-/m0/s1. The first-order chi connectivity index (χ1) is 13.3. The summed E-state index contributed by atoms with van der Waals surface area (Å²) in [4.78, 5) is 25.4. The van der Waals surface area contributed by atoms with Crippen molar-refractivity contribution in [3.63, 3.8) is 0 Å². The maximum atomic E-state index is 13.0. The van der Waals surface area contributed by atoms with Gasteiger partial charge < -0.3 is 19.5 Å². The Morgan fingerprint density at radius 2 is 2.07 bits per heavy atom. The molecule has 1 saturated carbocycles. The SMILES string of the molecule is CCOC(=O)c1cc(NC(=O)[C@]2(OC)CCC[C@H](C)C2)ccc1O[C@@H](C)CC. The zero-order valence-electron chi connectivity index (χ0n) is 17.7. The van der Waals surface area contributed by atoms with Crippen LogP contribution in [0.1, 0.15) is 70.2 Å². The van der Waals surface area contributed by atoms with Crippen LogP contribution >= 0.6 is 0 Å². The third kappa shape index (κ3) is 5.25. The second-order valence-corrected chi connectivity index (χ2v) is 7.62. The summed E-state index contributed by atoms with van der Waals surface area (Å²) in [5.41, 5.74) is 0.0100. The minimum Gasteiger partial charge on any atom is -0.490 e. The summed E-state index contributed by atoms with van der Waals surface area (Å²) >= 11 is 0. The quantitative estimate of drug-likeness (QED) is 0.657. The number of amides is 1. The van der Waals surface area contributed by atoms with Crippen LogP contribution in [0.4, 0.5) is 5.69 Å². The van der Waals surface area contributed by atoms with Crippen LogP contribution in [0.2, 0.25) is 0 Å². The minimum atomic E-state index is -0.826. The molecule has 1 aromatic rings. The van der Waals surface area contributed by atoms with E-state index in [1.54, 1.807) is 32.2 Å². The molecule has 156 valence electrons. The fourth-order valence-corrected chi connectivity index (χ4v) is 3.61. The highest BCUT2D eigenvalue weighted by Gasteiger charge is 2.42. The predicted molar refractivity (Wildman–Crippen MR) is 109 cm³/mol. The highest BCUT2D eigenvalue weighted by Crippen LogP contribution is 2.36. The largest absolute Gasteiger partial charge is 0.490 e. The first kappa shape index (κ1) is 22.2. The van der Waals surface area contributed by atoms with Crippen molar-refractivity contribution in [2.45, 2.75) is 71.5 Å². The average molecular weight is 392 g/mol. The van der Waals surface area contributed by atoms with Crippen LogP contribution in [-0.4, -0.2) is 37.3 Å². The number of esters is 1. The molecule has 3 atom stereocenters. The molecule has 0 unspecified atom stereocenters. The van der Waals surface area contributed by atoms with Gasteiger partial charge in [-0.1, -0.05) is 20.3 Å². The molecule has 28 heavy (non-hydrogen) atoms. The molecule has 6 heteroatoms. The summed E-state index contributed by atoms with van der Waals surface area (Å²) in [6.45, 7) is 8.12. The number of benzene rings is 1. The Labute approximate surface area is 167 Å². The van der Waals surface area contributed by atoms with Gasteiger partial charge in [-0.05, 0) is 63.6 Å². The lowest BCUT2D eigenvalue weighted by Gasteiger charge is -2.37. The lowest BCUT2D eigenvalue weighted by molar-refractivity contribution is -0.143. The topological polar surface area (TPSA) is 73.9 Å². The smallest absolute Gasteiger partial charge is 0.341 e. The third-order valence-electron chi connectivity index (χ3n) is 5.40. The lowest BCUT2D eigenvalue weighted by Crippen LogP contribution is -2.47. The summed E-state index contributed by atoms with van der Waals surface area (Å²) in [6, 6.07) is 5.06. The fraction of sp³-hybridized carbons (Fsp3) is 0.636. The molecule has 1 aliphatic rings. The van der Waals surface area contributed by atoms with Crippen molar-refractivity contribution in [2.75, 3.05) is 19.0 Å². The van der Waals surface area contributed by atoms with Crippen molar-refractivity contribution in [2.24, 2.45) is 5.92 Å². The van der Waals surface area contributed by atoms with E-state index in [9.17, 15) is 9.59 Å². The zero-order valence-corrected chi connectivity index (χ0v) is 17.7. The Kier molecular flexibility index (Phi) is 7.87. The number of carbonyl (C=O) groups is 2. The lowest BCUT2D eigenvalue weighted by atomic mass is 9.78. The van der Waals surface area contributed by atoms with Gasteiger partial charge in [-0.25, -0.2) is 4.79 Å². The van der Waals surface area contributed by atoms with Gasteiger partial charge in [-0.15, -0.1) is 0 Å². The van der Waals surface area contributed by atoms with E-state index in [4.69, 9.17) is 14.2 Å². The molecule has 0 spiro atoms. The molecule has 1 fully saturated rings. The van der Waals surface area contributed by atoms with Crippen molar-refractivity contribution >= 4 is 17.6 Å². The number of methoxy groups -OCH3 is 1. The Bertz CT molecular complexity index is 690. The molecule has 1 amide bonds. The summed E-state index contributed by atoms with van der Waals surface area (Å²) in [5.74, 6) is 0.246. The average Bonchev–Trinajstić information content (AvgIpc) is 2.68. The number of ether oxygens (including phenoxy) is 3. The highest BCUT2D eigenvalue weighted by molar-refractivity contribution is 5.99. The maximum Gasteiger partial charge on any atom is 0.341 e. The van der Waals surface area contributed by atoms with Gasteiger partial charge in [-0.3, -0.25) is 4.79 Å².